The predicted octanol–water partition coefficient (Wildman–Crippen LogP) is 1.78. The lowest BCUT2D eigenvalue weighted by Crippen LogP contribution is -1.80. The first-order chi connectivity index (χ1) is 3.12. The van der Waals surface area contributed by atoms with Gasteiger partial charge in [-0.2, -0.15) is 0 Å². The van der Waals surface area contributed by atoms with Crippen LogP contribution in [0.4, 0.5) is 0 Å². The summed E-state index contributed by atoms with van der Waals surface area (Å²) in [5.74, 6) is 0. The van der Waals surface area contributed by atoms with E-state index < -0.39 is 5.70 Å². The summed E-state index contributed by atoms with van der Waals surface area (Å²) < 4.78 is 10.7. The number of nitrogens with two attached hydrogens (primary N) is 1. The van der Waals surface area contributed by atoms with Crippen LogP contribution in [0.5, 0.6) is 0 Å². The molecule has 0 bridgehead atoms. The van der Waals surface area contributed by atoms with E-state index in [0.717, 1.165) is 0 Å². The number of hydrogen-bond donors (Lipinski definition) is 1. The summed E-state index contributed by atoms with van der Waals surface area (Å²) in [6.07, 6.45) is 3.49. The maximum Gasteiger partial charge on any atom is 0.251 e. The Hall–Kier alpha value is 0.890. The minimum Gasteiger partial charge on any atom is -0.283 e. The quantitative estimate of drug-likeness (QED) is 0.620. The molecule has 0 rings (SSSR count). The summed E-state index contributed by atoms with van der Waals surface area (Å²) in [5.41, 5.74) is 2.88. The maximum absolute atomic E-state index is 10.7. The standard InChI is InChI=1S/C2H8NOPS2/c1-6-5(3,4)7-2/h1-2H3,(H2,3,4). The summed E-state index contributed by atoms with van der Waals surface area (Å²) in [4.78, 5) is 0. The van der Waals surface area contributed by atoms with Crippen LogP contribution in [-0.2, 0) is 4.57 Å². The molecule has 0 spiro atoms. The smallest absolute Gasteiger partial charge is 0.251 e. The average molecular weight is 157 g/mol. The van der Waals surface area contributed by atoms with E-state index in [2.05, 4.69) is 0 Å². The number of hydrogen-bond acceptors (Lipinski definition) is 3. The lowest BCUT2D eigenvalue weighted by Gasteiger charge is -2.01. The molecule has 5 heteroatoms. The fourth-order valence-corrected chi connectivity index (χ4v) is 2.01. The van der Waals surface area contributed by atoms with E-state index in [0.29, 0.717) is 0 Å². The molecule has 0 aromatic carbocycles. The van der Waals surface area contributed by atoms with Gasteiger partial charge in [0.25, 0.3) is 5.70 Å². The van der Waals surface area contributed by atoms with Crippen molar-refractivity contribution in [1.29, 1.82) is 0 Å². The summed E-state index contributed by atoms with van der Waals surface area (Å²) in [6, 6.07) is 0. The van der Waals surface area contributed by atoms with Crippen LogP contribution in [0.3, 0.4) is 0 Å². The molecule has 0 unspecified atom stereocenters. The van der Waals surface area contributed by atoms with Crippen molar-refractivity contribution < 1.29 is 4.57 Å². The van der Waals surface area contributed by atoms with Gasteiger partial charge in [-0.05, 0) is 12.5 Å². The molecule has 0 aliphatic heterocycles. The van der Waals surface area contributed by atoms with Gasteiger partial charge in [-0.1, -0.05) is 22.8 Å². The maximum atomic E-state index is 10.7. The lowest BCUT2D eigenvalue weighted by atomic mass is 12.0. The molecule has 44 valence electrons. The molecule has 2 nitrogen and oxygen atoms in total. The summed E-state index contributed by atoms with van der Waals surface area (Å²) in [5, 5.41) is 0. The van der Waals surface area contributed by atoms with Crippen molar-refractivity contribution in [3.05, 3.63) is 0 Å². The highest BCUT2D eigenvalue weighted by molar-refractivity contribution is 8.89. The SMILES string of the molecule is CSP(N)(=O)SC. The van der Waals surface area contributed by atoms with Crippen LogP contribution in [0.25, 0.3) is 0 Å². The van der Waals surface area contributed by atoms with Crippen LogP contribution in [0.2, 0.25) is 0 Å². The largest absolute Gasteiger partial charge is 0.283 e. The molecule has 2 N–H and O–H groups in total. The van der Waals surface area contributed by atoms with E-state index in [1.165, 1.54) is 22.8 Å². The zero-order chi connectivity index (χ0) is 5.91. The first-order valence-electron chi connectivity index (χ1n) is 1.62. The third kappa shape index (κ3) is 3.47. The molecule has 7 heavy (non-hydrogen) atoms. The average Bonchev–Trinajstić information content (AvgIpc) is 1.68. The molecule has 0 atom stereocenters. The Kier molecular flexibility index (Phi) is 3.41. The van der Waals surface area contributed by atoms with E-state index in [9.17, 15) is 4.57 Å². The molecule has 0 aromatic heterocycles. The van der Waals surface area contributed by atoms with Crippen LogP contribution in [0, 0.1) is 0 Å². The van der Waals surface area contributed by atoms with Crippen LogP contribution >= 0.6 is 28.5 Å². The normalized spacial score (nSPS) is 11.9. The molecule has 0 aliphatic carbocycles. The fraction of sp³-hybridized carbons (Fsp3) is 1.00. The van der Waals surface area contributed by atoms with Crippen LogP contribution in [0.1, 0.15) is 0 Å². The van der Waals surface area contributed by atoms with Crippen molar-refractivity contribution in [2.24, 2.45) is 5.50 Å². The zero-order valence-corrected chi connectivity index (χ0v) is 6.78. The van der Waals surface area contributed by atoms with Gasteiger partial charge >= 0.3 is 0 Å². The van der Waals surface area contributed by atoms with Gasteiger partial charge in [0.1, 0.15) is 0 Å². The summed E-state index contributed by atoms with van der Waals surface area (Å²) in [6.45, 7) is 0. The molecule has 0 fully saturated rings. The highest BCUT2D eigenvalue weighted by atomic mass is 33.1. The molecular weight excluding hydrogens is 149 g/mol. The van der Waals surface area contributed by atoms with Crippen LogP contribution in [-0.4, -0.2) is 12.5 Å². The molecule has 0 amide bonds. The molecule has 0 saturated heterocycles. The van der Waals surface area contributed by atoms with Gasteiger partial charge in [-0.25, -0.2) is 0 Å². The van der Waals surface area contributed by atoms with Crippen LogP contribution in [0.15, 0.2) is 0 Å². The Bertz CT molecular complexity index is 87.7. The van der Waals surface area contributed by atoms with Gasteiger partial charge in [0.15, 0.2) is 0 Å². The monoisotopic (exact) mass is 157 g/mol. The topological polar surface area (TPSA) is 43.1 Å². The van der Waals surface area contributed by atoms with Crippen molar-refractivity contribution in [2.75, 3.05) is 12.5 Å². The Morgan fingerprint density at radius 2 is 1.71 bits per heavy atom. The Morgan fingerprint density at radius 1 is 1.43 bits per heavy atom. The Labute approximate surface area is 51.5 Å². The Morgan fingerprint density at radius 3 is 1.71 bits per heavy atom. The predicted molar refractivity (Wildman–Crippen MR) is 38.8 cm³/mol. The zero-order valence-electron chi connectivity index (χ0n) is 4.25. The fourth-order valence-electron chi connectivity index (χ4n) is 0.0745. The molecular formula is C2H8NOPS2. The van der Waals surface area contributed by atoms with Crippen LogP contribution < -0.4 is 5.50 Å². The van der Waals surface area contributed by atoms with Crippen molar-refractivity contribution in [3.63, 3.8) is 0 Å². The van der Waals surface area contributed by atoms with Crippen molar-refractivity contribution in [2.45, 2.75) is 0 Å². The van der Waals surface area contributed by atoms with Crippen molar-refractivity contribution in [3.8, 4) is 0 Å². The van der Waals surface area contributed by atoms with Gasteiger partial charge in [-0.3, -0.25) is 10.1 Å². The second-order valence-electron chi connectivity index (χ2n) is 0.905. The summed E-state index contributed by atoms with van der Waals surface area (Å²) >= 11 is 2.45. The summed E-state index contributed by atoms with van der Waals surface area (Å²) in [7, 11) is 0. The van der Waals surface area contributed by atoms with Gasteiger partial charge in [0.2, 0.25) is 0 Å². The second-order valence-corrected chi connectivity index (χ2v) is 8.85. The third-order valence-electron chi connectivity index (χ3n) is 0.509. The molecule has 0 radical (unpaired) electrons. The third-order valence-corrected chi connectivity index (χ3v) is 7.26. The first-order valence-corrected chi connectivity index (χ1v) is 7.06. The molecule has 0 aliphatic rings. The van der Waals surface area contributed by atoms with E-state index >= 15 is 0 Å². The van der Waals surface area contributed by atoms with Crippen molar-refractivity contribution in [1.82, 2.24) is 0 Å². The minimum atomic E-state index is -2.32. The minimum absolute atomic E-state index is 1.22. The molecule has 0 heterocycles. The molecule has 0 saturated carbocycles. The van der Waals surface area contributed by atoms with E-state index in [1.807, 2.05) is 0 Å². The second kappa shape index (κ2) is 3.02. The highest BCUT2D eigenvalue weighted by Crippen LogP contribution is 2.59. The van der Waals surface area contributed by atoms with Gasteiger partial charge < -0.3 is 0 Å². The highest BCUT2D eigenvalue weighted by Gasteiger charge is 2.08. The number of rotatable bonds is 2. The Balaban J connectivity index is 3.61. The van der Waals surface area contributed by atoms with E-state index in [-0.39, 0.29) is 0 Å². The van der Waals surface area contributed by atoms with Crippen molar-refractivity contribution >= 4 is 28.5 Å². The van der Waals surface area contributed by atoms with E-state index in [4.69, 9.17) is 5.50 Å². The lowest BCUT2D eigenvalue weighted by molar-refractivity contribution is 0.594. The van der Waals surface area contributed by atoms with Gasteiger partial charge in [-0.15, -0.1) is 0 Å². The van der Waals surface area contributed by atoms with E-state index in [1.54, 1.807) is 12.5 Å². The molecule has 0 aromatic rings. The first kappa shape index (κ1) is 7.89. The van der Waals surface area contributed by atoms with Gasteiger partial charge in [0.05, 0.1) is 0 Å². The van der Waals surface area contributed by atoms with Gasteiger partial charge in [0, 0.05) is 0 Å².